The van der Waals surface area contributed by atoms with Gasteiger partial charge in [-0.25, -0.2) is 0 Å². The first kappa shape index (κ1) is 17.4. The third kappa shape index (κ3) is 5.30. The van der Waals surface area contributed by atoms with Gasteiger partial charge in [-0.1, -0.05) is 72.3 Å². The number of nitrogens with zero attached hydrogens (tertiary/aromatic N) is 2. The average Bonchev–Trinajstić information content (AvgIpc) is 2.80. The van der Waals surface area contributed by atoms with Gasteiger partial charge in [0.15, 0.2) is 0 Å². The van der Waals surface area contributed by atoms with E-state index in [-0.39, 0.29) is 5.91 Å². The van der Waals surface area contributed by atoms with Crippen LogP contribution < -0.4 is 0 Å². The number of benzene rings is 2. The lowest BCUT2D eigenvalue weighted by Crippen LogP contribution is -2.32. The average molecular weight is 334 g/mol. The van der Waals surface area contributed by atoms with Crippen LogP contribution >= 0.6 is 0 Å². The van der Waals surface area contributed by atoms with Crippen LogP contribution in [0.4, 0.5) is 0 Å². The summed E-state index contributed by atoms with van der Waals surface area (Å²) in [4.78, 5) is 16.8. The summed E-state index contributed by atoms with van der Waals surface area (Å²) in [5.74, 6) is 0.259. The van der Waals surface area contributed by atoms with Gasteiger partial charge < -0.3 is 4.90 Å². The second-order valence-electron chi connectivity index (χ2n) is 6.66. The predicted octanol–water partition coefficient (Wildman–Crippen LogP) is 3.74. The third-order valence-electron chi connectivity index (χ3n) is 4.65. The van der Waals surface area contributed by atoms with Crippen LogP contribution in [-0.4, -0.2) is 41.9 Å². The highest BCUT2D eigenvalue weighted by molar-refractivity contribution is 5.76. The number of hydrogen-bond acceptors (Lipinski definition) is 2. The van der Waals surface area contributed by atoms with Gasteiger partial charge in [0.05, 0.1) is 0 Å². The van der Waals surface area contributed by atoms with E-state index in [0.29, 0.717) is 13.0 Å². The molecule has 1 fully saturated rings. The summed E-state index contributed by atoms with van der Waals surface area (Å²) in [6.45, 7) is 6.25. The molecule has 1 saturated heterocycles. The van der Waals surface area contributed by atoms with E-state index in [9.17, 15) is 4.79 Å². The molecule has 1 aliphatic heterocycles. The van der Waals surface area contributed by atoms with E-state index in [0.717, 1.165) is 26.2 Å². The van der Waals surface area contributed by atoms with Crippen LogP contribution in [-0.2, 0) is 11.3 Å². The molecule has 0 bridgehead atoms. The Kier molecular flexibility index (Phi) is 6.02. The molecule has 0 aromatic heterocycles. The van der Waals surface area contributed by atoms with Crippen LogP contribution in [0, 0.1) is 6.92 Å². The van der Waals surface area contributed by atoms with Gasteiger partial charge in [0.25, 0.3) is 0 Å². The van der Waals surface area contributed by atoms with Crippen LogP contribution in [0.25, 0.3) is 6.08 Å². The van der Waals surface area contributed by atoms with Crippen molar-refractivity contribution in [2.45, 2.75) is 19.9 Å². The Morgan fingerprint density at radius 3 is 2.48 bits per heavy atom. The molecule has 1 amide bonds. The van der Waals surface area contributed by atoms with Crippen LogP contribution in [0.2, 0.25) is 0 Å². The minimum Gasteiger partial charge on any atom is -0.337 e. The van der Waals surface area contributed by atoms with Crippen LogP contribution in [0.5, 0.6) is 0 Å². The van der Waals surface area contributed by atoms with Crippen molar-refractivity contribution in [1.29, 1.82) is 0 Å². The van der Waals surface area contributed by atoms with Crippen LogP contribution in [0.3, 0.4) is 0 Å². The third-order valence-corrected chi connectivity index (χ3v) is 4.65. The quantitative estimate of drug-likeness (QED) is 0.831. The zero-order valence-corrected chi connectivity index (χ0v) is 14.9. The van der Waals surface area contributed by atoms with E-state index in [1.54, 1.807) is 0 Å². The molecule has 3 heteroatoms. The zero-order chi connectivity index (χ0) is 17.5. The highest BCUT2D eigenvalue weighted by Crippen LogP contribution is 2.11. The number of hydrogen-bond donors (Lipinski definition) is 0. The highest BCUT2D eigenvalue weighted by Gasteiger charge is 2.20. The van der Waals surface area contributed by atoms with Crippen molar-refractivity contribution in [2.24, 2.45) is 0 Å². The van der Waals surface area contributed by atoms with Crippen LogP contribution in [0.1, 0.15) is 23.1 Å². The first-order chi connectivity index (χ1) is 12.2. The smallest absolute Gasteiger partial charge is 0.224 e. The summed E-state index contributed by atoms with van der Waals surface area (Å²) in [6.07, 6.45) is 4.94. The monoisotopic (exact) mass is 334 g/mol. The molecule has 0 radical (unpaired) electrons. The molecule has 0 unspecified atom stereocenters. The van der Waals surface area contributed by atoms with E-state index in [2.05, 4.69) is 60.4 Å². The molecule has 130 valence electrons. The van der Waals surface area contributed by atoms with E-state index in [1.165, 1.54) is 16.7 Å². The maximum absolute atomic E-state index is 12.4. The van der Waals surface area contributed by atoms with Gasteiger partial charge in [0.1, 0.15) is 0 Å². The zero-order valence-electron chi connectivity index (χ0n) is 14.9. The van der Waals surface area contributed by atoms with Gasteiger partial charge in [-0.05, 0) is 18.1 Å². The lowest BCUT2D eigenvalue weighted by molar-refractivity contribution is -0.130. The molecule has 2 aromatic rings. The molecule has 1 aliphatic rings. The first-order valence-electron chi connectivity index (χ1n) is 8.98. The molecule has 3 rings (SSSR count). The minimum atomic E-state index is 0.259. The maximum atomic E-state index is 12.4. The van der Waals surface area contributed by atoms with Gasteiger partial charge in [-0.3, -0.25) is 9.69 Å². The first-order valence-corrected chi connectivity index (χ1v) is 8.98. The Bertz CT molecular complexity index is 707. The fourth-order valence-electron chi connectivity index (χ4n) is 3.08. The summed E-state index contributed by atoms with van der Waals surface area (Å²) in [5.41, 5.74) is 3.67. The minimum absolute atomic E-state index is 0.259. The van der Waals surface area contributed by atoms with E-state index >= 15 is 0 Å². The van der Waals surface area contributed by atoms with E-state index in [4.69, 9.17) is 0 Å². The normalized spacial score (nSPS) is 16.4. The van der Waals surface area contributed by atoms with Crippen LogP contribution in [0.15, 0.2) is 60.7 Å². The molecule has 3 nitrogen and oxygen atoms in total. The Labute approximate surface area is 150 Å². The van der Waals surface area contributed by atoms with Gasteiger partial charge in [0.2, 0.25) is 5.91 Å². The largest absolute Gasteiger partial charge is 0.337 e. The second kappa shape index (κ2) is 8.63. The Balaban J connectivity index is 1.52. The summed E-state index contributed by atoms with van der Waals surface area (Å²) in [6, 6.07) is 18.8. The molecular weight excluding hydrogens is 308 g/mol. The fourth-order valence-corrected chi connectivity index (χ4v) is 3.08. The van der Waals surface area contributed by atoms with E-state index in [1.807, 2.05) is 23.1 Å². The molecule has 0 N–H and O–H groups in total. The molecule has 0 atom stereocenters. The van der Waals surface area contributed by atoms with Crippen molar-refractivity contribution in [3.63, 3.8) is 0 Å². The van der Waals surface area contributed by atoms with Crippen molar-refractivity contribution in [3.05, 3.63) is 77.4 Å². The fraction of sp³-hybridized carbons (Fsp3) is 0.318. The summed E-state index contributed by atoms with van der Waals surface area (Å²) < 4.78 is 0. The second-order valence-corrected chi connectivity index (χ2v) is 6.66. The molecule has 0 aliphatic carbocycles. The molecule has 2 aromatic carbocycles. The maximum Gasteiger partial charge on any atom is 0.224 e. The van der Waals surface area contributed by atoms with Crippen molar-refractivity contribution in [2.75, 3.05) is 26.2 Å². The SMILES string of the molecule is Cc1ccc(CN2CCN(CC=Cc3ccccc3)CCC2=O)cc1. The van der Waals surface area contributed by atoms with Gasteiger partial charge in [-0.15, -0.1) is 0 Å². The summed E-state index contributed by atoms with van der Waals surface area (Å²) in [5, 5.41) is 0. The molecule has 0 spiro atoms. The number of carbonyl (C=O) groups is 1. The van der Waals surface area contributed by atoms with Crippen molar-refractivity contribution in [1.82, 2.24) is 9.80 Å². The number of amides is 1. The topological polar surface area (TPSA) is 23.6 Å². The van der Waals surface area contributed by atoms with Crippen molar-refractivity contribution < 1.29 is 4.79 Å². The standard InChI is InChI=1S/C22H26N2O/c1-19-9-11-21(12-10-19)18-24-17-16-23(15-13-22(24)25)14-5-8-20-6-3-2-4-7-20/h2-12H,13-18H2,1H3. The Morgan fingerprint density at radius 2 is 1.72 bits per heavy atom. The summed E-state index contributed by atoms with van der Waals surface area (Å²) in [7, 11) is 0. The predicted molar refractivity (Wildman–Crippen MR) is 103 cm³/mol. The van der Waals surface area contributed by atoms with Gasteiger partial charge in [0, 0.05) is 39.1 Å². The van der Waals surface area contributed by atoms with E-state index < -0.39 is 0 Å². The lowest BCUT2D eigenvalue weighted by Gasteiger charge is -2.21. The Morgan fingerprint density at radius 1 is 0.960 bits per heavy atom. The molecular formula is C22H26N2O. The lowest BCUT2D eigenvalue weighted by atomic mass is 10.1. The number of aryl methyl sites for hydroxylation is 1. The number of rotatable bonds is 5. The highest BCUT2D eigenvalue weighted by atomic mass is 16.2. The van der Waals surface area contributed by atoms with Gasteiger partial charge >= 0.3 is 0 Å². The van der Waals surface area contributed by atoms with Crippen molar-refractivity contribution >= 4 is 12.0 Å². The molecule has 1 heterocycles. The van der Waals surface area contributed by atoms with Gasteiger partial charge in [-0.2, -0.15) is 0 Å². The summed E-state index contributed by atoms with van der Waals surface area (Å²) >= 11 is 0. The molecule has 25 heavy (non-hydrogen) atoms. The van der Waals surface area contributed by atoms with Crippen molar-refractivity contribution in [3.8, 4) is 0 Å². The molecule has 0 saturated carbocycles. The number of carbonyl (C=O) groups excluding carboxylic acids is 1. The Hall–Kier alpha value is -2.39.